The number of carboxylic acid groups (broad SMARTS) is 1. The molecular formula is C5H8O6Ti2+8. The van der Waals surface area contributed by atoms with Crippen LogP contribution in [0.1, 0.15) is 0 Å². The van der Waals surface area contributed by atoms with Gasteiger partial charge in [-0.05, 0) is 0 Å². The molecule has 0 aromatic carbocycles. The molecule has 0 aliphatic carbocycles. The van der Waals surface area contributed by atoms with Crippen molar-refractivity contribution in [3.05, 3.63) is 0 Å². The van der Waals surface area contributed by atoms with Crippen LogP contribution >= 0.6 is 0 Å². The fourth-order valence-corrected chi connectivity index (χ4v) is 0.339. The summed E-state index contributed by atoms with van der Waals surface area (Å²) in [4.78, 5) is 28.1. The van der Waals surface area contributed by atoms with Crippen molar-refractivity contribution in [1.29, 1.82) is 0 Å². The van der Waals surface area contributed by atoms with Gasteiger partial charge in [-0.2, -0.15) is 4.89 Å². The molecule has 13 heavy (non-hydrogen) atoms. The second-order valence-electron chi connectivity index (χ2n) is 1.51. The van der Waals surface area contributed by atoms with Gasteiger partial charge in [0.15, 0.2) is 0 Å². The molecule has 8 heteroatoms. The van der Waals surface area contributed by atoms with Crippen molar-refractivity contribution >= 4 is 11.9 Å². The minimum absolute atomic E-state index is 0. The van der Waals surface area contributed by atoms with Gasteiger partial charge in [-0.3, -0.25) is 4.89 Å². The molecule has 0 aliphatic heterocycles. The van der Waals surface area contributed by atoms with Crippen molar-refractivity contribution in [2.45, 2.75) is 0 Å². The maximum Gasteiger partial charge on any atom is 4.00 e. The zero-order chi connectivity index (χ0) is 8.69. The van der Waals surface area contributed by atoms with Crippen LogP contribution in [0.5, 0.6) is 0 Å². The summed E-state index contributed by atoms with van der Waals surface area (Å²) in [5, 5.41) is 8.05. The third-order valence-corrected chi connectivity index (χ3v) is 0.622. The van der Waals surface area contributed by atoms with Crippen LogP contribution in [0.15, 0.2) is 0 Å². The molecule has 1 N–H and O–H groups in total. The Balaban J connectivity index is -0.000000500. The maximum atomic E-state index is 10.4. The summed E-state index contributed by atoms with van der Waals surface area (Å²) in [6, 6.07) is 0. The van der Waals surface area contributed by atoms with Gasteiger partial charge in [0, 0.05) is 0 Å². The Morgan fingerprint density at radius 1 is 1.23 bits per heavy atom. The summed E-state index contributed by atoms with van der Waals surface area (Å²) in [5.41, 5.74) is 0. The molecule has 0 fully saturated rings. The molecule has 0 radical (unpaired) electrons. The largest absolute Gasteiger partial charge is 4.00 e. The van der Waals surface area contributed by atoms with E-state index in [4.69, 9.17) is 5.11 Å². The van der Waals surface area contributed by atoms with Crippen molar-refractivity contribution in [2.24, 2.45) is 0 Å². The fourth-order valence-electron chi connectivity index (χ4n) is 0.339. The van der Waals surface area contributed by atoms with E-state index in [1.807, 2.05) is 0 Å². The van der Waals surface area contributed by atoms with Crippen LogP contribution in [0.3, 0.4) is 0 Å². The monoisotopic (exact) mass is 260 g/mol. The maximum absolute atomic E-state index is 10.4. The van der Waals surface area contributed by atoms with Gasteiger partial charge in [-0.15, -0.1) is 0 Å². The summed E-state index contributed by atoms with van der Waals surface area (Å²) in [5.74, 6) is -1.91. The number of rotatable bonds is 5. The van der Waals surface area contributed by atoms with Gasteiger partial charge < -0.3 is 9.84 Å². The Morgan fingerprint density at radius 2 is 1.77 bits per heavy atom. The number of hydrogen-bond donors (Lipinski definition) is 1. The fraction of sp³-hybridized carbons (Fsp3) is 0.600. The first-order valence-electron chi connectivity index (χ1n) is 2.70. The number of carboxylic acids is 1. The van der Waals surface area contributed by atoms with Crippen molar-refractivity contribution in [3.63, 3.8) is 0 Å². The Morgan fingerprint density at radius 3 is 2.15 bits per heavy atom. The van der Waals surface area contributed by atoms with Gasteiger partial charge in [0.05, 0.1) is 7.11 Å². The van der Waals surface area contributed by atoms with Crippen molar-refractivity contribution in [3.8, 4) is 0 Å². The van der Waals surface area contributed by atoms with E-state index in [1.165, 1.54) is 0 Å². The molecule has 0 saturated heterocycles. The minimum Gasteiger partial charge on any atom is -0.480 e. The van der Waals surface area contributed by atoms with Crippen LogP contribution in [-0.4, -0.2) is 37.4 Å². The van der Waals surface area contributed by atoms with Gasteiger partial charge in [0.25, 0.3) is 0 Å². The van der Waals surface area contributed by atoms with Gasteiger partial charge in [-0.1, -0.05) is 0 Å². The van der Waals surface area contributed by atoms with E-state index in [1.54, 1.807) is 0 Å². The first-order valence-corrected chi connectivity index (χ1v) is 2.70. The zero-order valence-corrected chi connectivity index (χ0v) is 10.0. The molecule has 0 aromatic heterocycles. The molecule has 0 bridgehead atoms. The third kappa shape index (κ3) is 15.1. The van der Waals surface area contributed by atoms with E-state index < -0.39 is 25.2 Å². The van der Waals surface area contributed by atoms with E-state index in [0.717, 1.165) is 7.11 Å². The van der Waals surface area contributed by atoms with E-state index in [2.05, 4.69) is 14.5 Å². The summed E-state index contributed by atoms with van der Waals surface area (Å²) in [6.07, 6.45) is 0. The number of carbonyl (C=O) groups is 2. The SMILES string of the molecule is COOC(=O)COCC(=O)O.[Ti+4].[Ti+4]. The Bertz CT molecular complexity index is 150. The number of hydrogen-bond acceptors (Lipinski definition) is 5. The Kier molecular flexibility index (Phi) is 17.9. The molecule has 0 rings (SSSR count). The van der Waals surface area contributed by atoms with Crippen LogP contribution in [-0.2, 0) is 67.5 Å². The topological polar surface area (TPSA) is 82.1 Å². The molecular weight excluding hydrogens is 252 g/mol. The van der Waals surface area contributed by atoms with Crippen LogP contribution < -0.4 is 0 Å². The van der Waals surface area contributed by atoms with Crippen LogP contribution in [0.2, 0.25) is 0 Å². The normalized spacial score (nSPS) is 7.77. The molecule has 0 aliphatic rings. The quantitative estimate of drug-likeness (QED) is 0.395. The first-order chi connectivity index (χ1) is 5.16. The predicted octanol–water partition coefficient (Wildman–Crippen LogP) is -0.813. The van der Waals surface area contributed by atoms with Gasteiger partial charge in [0.2, 0.25) is 0 Å². The van der Waals surface area contributed by atoms with E-state index in [9.17, 15) is 9.59 Å². The number of ether oxygens (including phenoxy) is 1. The van der Waals surface area contributed by atoms with Gasteiger partial charge in [0.1, 0.15) is 13.2 Å². The van der Waals surface area contributed by atoms with Gasteiger partial charge >= 0.3 is 55.4 Å². The molecule has 0 heterocycles. The van der Waals surface area contributed by atoms with E-state index >= 15 is 0 Å². The second kappa shape index (κ2) is 12.3. The summed E-state index contributed by atoms with van der Waals surface area (Å²) >= 11 is 0. The standard InChI is InChI=1S/C5H8O6.2Ti/c1-9-11-5(8)3-10-2-4(6)7;;/h2-3H2,1H3,(H,6,7);;/q;2*+4. The molecule has 0 amide bonds. The first kappa shape index (κ1) is 19.0. The predicted molar refractivity (Wildman–Crippen MR) is 31.6 cm³/mol. The van der Waals surface area contributed by atoms with Crippen LogP contribution in [0.4, 0.5) is 0 Å². The Labute approximate surface area is 105 Å². The molecule has 0 saturated carbocycles. The van der Waals surface area contributed by atoms with E-state index in [0.29, 0.717) is 0 Å². The average Bonchev–Trinajstić information content (AvgIpc) is 1.87. The Hall–Kier alpha value is 0.289. The van der Waals surface area contributed by atoms with Crippen molar-refractivity contribution in [1.82, 2.24) is 0 Å². The summed E-state index contributed by atoms with van der Waals surface area (Å²) in [7, 11) is 1.16. The molecule has 0 spiro atoms. The minimum atomic E-state index is -1.14. The molecule has 6 nitrogen and oxygen atoms in total. The second-order valence-corrected chi connectivity index (χ2v) is 1.51. The van der Waals surface area contributed by atoms with Crippen LogP contribution in [0, 0.1) is 0 Å². The zero-order valence-electron chi connectivity index (χ0n) is 6.90. The van der Waals surface area contributed by atoms with Crippen molar-refractivity contribution < 1.29 is 72.6 Å². The molecule has 0 aromatic rings. The summed E-state index contributed by atoms with van der Waals surface area (Å²) in [6.45, 7) is -0.959. The molecule has 0 unspecified atom stereocenters. The third-order valence-electron chi connectivity index (χ3n) is 0.622. The number of carbonyl (C=O) groups excluding carboxylic acids is 1. The molecule has 0 atom stereocenters. The van der Waals surface area contributed by atoms with E-state index in [-0.39, 0.29) is 43.4 Å². The van der Waals surface area contributed by atoms with Crippen LogP contribution in [0.25, 0.3) is 0 Å². The average molecular weight is 260 g/mol. The van der Waals surface area contributed by atoms with Gasteiger partial charge in [-0.25, -0.2) is 9.59 Å². The molecule has 64 valence electrons. The summed E-state index contributed by atoms with van der Waals surface area (Å²) < 4.78 is 4.36. The smallest absolute Gasteiger partial charge is 0.480 e. The number of aliphatic carboxylic acids is 1. The van der Waals surface area contributed by atoms with Crippen molar-refractivity contribution in [2.75, 3.05) is 20.3 Å².